The van der Waals surface area contributed by atoms with Gasteiger partial charge in [-0.15, -0.1) is 11.6 Å². The van der Waals surface area contributed by atoms with Gasteiger partial charge in [0.15, 0.2) is 11.5 Å². The van der Waals surface area contributed by atoms with E-state index in [9.17, 15) is 8.78 Å². The van der Waals surface area contributed by atoms with Crippen molar-refractivity contribution in [1.82, 2.24) is 0 Å². The Labute approximate surface area is 120 Å². The first-order chi connectivity index (χ1) is 9.69. The first-order valence-electron chi connectivity index (χ1n) is 5.99. The fourth-order valence-corrected chi connectivity index (χ4v) is 1.84. The van der Waals surface area contributed by atoms with E-state index in [1.165, 1.54) is 6.07 Å². The number of rotatable bonds is 6. The molecule has 0 bridgehead atoms. The lowest BCUT2D eigenvalue weighted by Crippen LogP contribution is -2.05. The smallest absolute Gasteiger partial charge is 0.387 e. The molecular weight excluding hydrogens is 286 g/mol. The van der Waals surface area contributed by atoms with Gasteiger partial charge >= 0.3 is 6.61 Å². The standard InChI is InChI=1S/C15H13ClF2O2/c16-9-12-6-7-13(20-15(17)18)14(8-12)19-10-11-4-2-1-3-5-11/h1-8,15H,9-10H2. The molecule has 0 radical (unpaired) electrons. The van der Waals surface area contributed by atoms with Gasteiger partial charge in [0.05, 0.1) is 0 Å². The van der Waals surface area contributed by atoms with Crippen LogP contribution >= 0.6 is 11.6 Å². The molecule has 106 valence electrons. The highest BCUT2D eigenvalue weighted by Gasteiger charge is 2.11. The van der Waals surface area contributed by atoms with Crippen LogP contribution in [0.15, 0.2) is 48.5 Å². The second kappa shape index (κ2) is 7.10. The molecule has 0 unspecified atom stereocenters. The largest absolute Gasteiger partial charge is 0.485 e. The molecule has 0 aliphatic carbocycles. The third kappa shape index (κ3) is 4.10. The van der Waals surface area contributed by atoms with Crippen molar-refractivity contribution in [2.75, 3.05) is 0 Å². The minimum absolute atomic E-state index is 0.00444. The molecule has 0 spiro atoms. The third-order valence-corrected chi connectivity index (χ3v) is 2.92. The van der Waals surface area contributed by atoms with Gasteiger partial charge < -0.3 is 9.47 Å². The summed E-state index contributed by atoms with van der Waals surface area (Å²) in [5.41, 5.74) is 1.71. The number of halogens is 3. The van der Waals surface area contributed by atoms with Crippen molar-refractivity contribution in [2.45, 2.75) is 19.1 Å². The molecule has 0 fully saturated rings. The van der Waals surface area contributed by atoms with Gasteiger partial charge in [-0.2, -0.15) is 8.78 Å². The Hall–Kier alpha value is -1.81. The molecule has 0 N–H and O–H groups in total. The van der Waals surface area contributed by atoms with Crippen LogP contribution in [0.3, 0.4) is 0 Å². The lowest BCUT2D eigenvalue weighted by atomic mass is 10.2. The number of hydrogen-bond acceptors (Lipinski definition) is 2. The first-order valence-corrected chi connectivity index (χ1v) is 6.53. The predicted octanol–water partition coefficient (Wildman–Crippen LogP) is 4.61. The van der Waals surface area contributed by atoms with Crippen molar-refractivity contribution in [3.05, 3.63) is 59.7 Å². The van der Waals surface area contributed by atoms with Crippen molar-refractivity contribution < 1.29 is 18.3 Å². The quantitative estimate of drug-likeness (QED) is 0.725. The lowest BCUT2D eigenvalue weighted by Gasteiger charge is -2.13. The molecule has 20 heavy (non-hydrogen) atoms. The summed E-state index contributed by atoms with van der Waals surface area (Å²) in [5.74, 6) is 0.536. The SMILES string of the molecule is FC(F)Oc1ccc(CCl)cc1OCc1ccccc1. The number of ether oxygens (including phenoxy) is 2. The van der Waals surface area contributed by atoms with Crippen molar-refractivity contribution in [3.63, 3.8) is 0 Å². The van der Waals surface area contributed by atoms with Crippen molar-refractivity contribution in [3.8, 4) is 11.5 Å². The van der Waals surface area contributed by atoms with E-state index in [1.807, 2.05) is 30.3 Å². The Kier molecular flexibility index (Phi) is 5.18. The summed E-state index contributed by atoms with van der Waals surface area (Å²) in [6.07, 6.45) is 0. The minimum atomic E-state index is -2.89. The Balaban J connectivity index is 2.15. The Morgan fingerprint density at radius 3 is 2.35 bits per heavy atom. The first kappa shape index (κ1) is 14.6. The normalized spacial score (nSPS) is 10.6. The molecule has 0 amide bonds. The zero-order valence-electron chi connectivity index (χ0n) is 10.6. The monoisotopic (exact) mass is 298 g/mol. The van der Waals surface area contributed by atoms with Gasteiger partial charge in [0.25, 0.3) is 0 Å². The van der Waals surface area contributed by atoms with Crippen LogP contribution < -0.4 is 9.47 Å². The average Bonchev–Trinajstić information content (AvgIpc) is 2.47. The van der Waals surface area contributed by atoms with Gasteiger partial charge in [0.2, 0.25) is 0 Å². The molecule has 0 aromatic heterocycles. The molecule has 2 aromatic carbocycles. The molecule has 0 aliphatic heterocycles. The maximum atomic E-state index is 12.3. The van der Waals surface area contributed by atoms with E-state index in [1.54, 1.807) is 12.1 Å². The number of benzene rings is 2. The van der Waals surface area contributed by atoms with Gasteiger partial charge in [0, 0.05) is 5.88 Å². The van der Waals surface area contributed by atoms with Gasteiger partial charge in [0.1, 0.15) is 6.61 Å². The van der Waals surface area contributed by atoms with E-state index in [-0.39, 0.29) is 24.0 Å². The van der Waals surface area contributed by atoms with Gasteiger partial charge in [-0.1, -0.05) is 36.4 Å². The van der Waals surface area contributed by atoms with Crippen LogP contribution in [0, 0.1) is 0 Å². The minimum Gasteiger partial charge on any atom is -0.485 e. The van der Waals surface area contributed by atoms with E-state index in [0.29, 0.717) is 0 Å². The van der Waals surface area contributed by atoms with Crippen LogP contribution in [0.1, 0.15) is 11.1 Å². The summed E-state index contributed by atoms with van der Waals surface area (Å²) in [4.78, 5) is 0. The maximum absolute atomic E-state index is 12.3. The highest BCUT2D eigenvalue weighted by molar-refractivity contribution is 6.17. The molecule has 2 rings (SSSR count). The van der Waals surface area contributed by atoms with Crippen LogP contribution in [0.5, 0.6) is 11.5 Å². The summed E-state index contributed by atoms with van der Waals surface area (Å²) in [6.45, 7) is -2.62. The lowest BCUT2D eigenvalue weighted by molar-refractivity contribution is -0.0516. The van der Waals surface area contributed by atoms with E-state index in [0.717, 1.165) is 11.1 Å². The summed E-state index contributed by atoms with van der Waals surface area (Å²) < 4.78 is 34.7. The van der Waals surface area contributed by atoms with Crippen LogP contribution in [0.2, 0.25) is 0 Å². The topological polar surface area (TPSA) is 18.5 Å². The van der Waals surface area contributed by atoms with Crippen molar-refractivity contribution >= 4 is 11.6 Å². The molecule has 0 aliphatic rings. The highest BCUT2D eigenvalue weighted by Crippen LogP contribution is 2.31. The molecule has 0 heterocycles. The van der Waals surface area contributed by atoms with Crippen LogP contribution in [-0.4, -0.2) is 6.61 Å². The molecule has 2 nitrogen and oxygen atoms in total. The fourth-order valence-electron chi connectivity index (χ4n) is 1.68. The summed E-state index contributed by atoms with van der Waals surface area (Å²) in [5, 5.41) is 0. The van der Waals surface area contributed by atoms with Crippen molar-refractivity contribution in [2.24, 2.45) is 0 Å². The van der Waals surface area contributed by atoms with E-state index < -0.39 is 6.61 Å². The van der Waals surface area contributed by atoms with Crippen LogP contribution in [0.4, 0.5) is 8.78 Å². The summed E-state index contributed by atoms with van der Waals surface area (Å²) >= 11 is 5.73. The zero-order chi connectivity index (χ0) is 14.4. The Bertz CT molecular complexity index is 547. The Morgan fingerprint density at radius 2 is 1.70 bits per heavy atom. The van der Waals surface area contributed by atoms with Gasteiger partial charge in [-0.05, 0) is 23.3 Å². The molecular formula is C15H13ClF2O2. The molecule has 0 saturated heterocycles. The van der Waals surface area contributed by atoms with Crippen molar-refractivity contribution in [1.29, 1.82) is 0 Å². The van der Waals surface area contributed by atoms with E-state index in [4.69, 9.17) is 16.3 Å². The number of hydrogen-bond donors (Lipinski definition) is 0. The second-order valence-electron chi connectivity index (χ2n) is 4.07. The molecule has 0 atom stereocenters. The predicted molar refractivity (Wildman–Crippen MR) is 73.4 cm³/mol. The van der Waals surface area contributed by atoms with Crippen LogP contribution in [0.25, 0.3) is 0 Å². The molecule has 0 saturated carbocycles. The highest BCUT2D eigenvalue weighted by atomic mass is 35.5. The van der Waals surface area contributed by atoms with Gasteiger partial charge in [-0.25, -0.2) is 0 Å². The third-order valence-electron chi connectivity index (χ3n) is 2.62. The molecule has 5 heteroatoms. The van der Waals surface area contributed by atoms with E-state index in [2.05, 4.69) is 4.74 Å². The van der Waals surface area contributed by atoms with Gasteiger partial charge in [-0.3, -0.25) is 0 Å². The Morgan fingerprint density at radius 1 is 0.950 bits per heavy atom. The fraction of sp³-hybridized carbons (Fsp3) is 0.200. The molecule has 2 aromatic rings. The second-order valence-corrected chi connectivity index (χ2v) is 4.33. The summed E-state index contributed by atoms with van der Waals surface area (Å²) in [7, 11) is 0. The zero-order valence-corrected chi connectivity index (χ0v) is 11.3. The van der Waals surface area contributed by atoms with E-state index >= 15 is 0 Å². The number of alkyl halides is 3. The summed E-state index contributed by atoms with van der Waals surface area (Å²) in [6, 6.07) is 14.1. The average molecular weight is 299 g/mol. The van der Waals surface area contributed by atoms with Crippen LogP contribution in [-0.2, 0) is 12.5 Å². The maximum Gasteiger partial charge on any atom is 0.387 e.